The number of hydrogen-bond donors (Lipinski definition) is 3. The maximum atomic E-state index is 11.6. The number of nitrogens with zero attached hydrogens (tertiary/aromatic N) is 1. The third-order valence-electron chi connectivity index (χ3n) is 3.17. The molecule has 19 heavy (non-hydrogen) atoms. The lowest BCUT2D eigenvalue weighted by atomic mass is 10.2. The summed E-state index contributed by atoms with van der Waals surface area (Å²) in [5.41, 5.74) is 7.64. The predicted octanol–water partition coefficient (Wildman–Crippen LogP) is 0.136. The van der Waals surface area contributed by atoms with Crippen LogP contribution in [0.4, 0.5) is 4.79 Å². The summed E-state index contributed by atoms with van der Waals surface area (Å²) in [6.45, 7) is 1.27. The molecular weight excluding hydrogens is 248 g/mol. The van der Waals surface area contributed by atoms with Gasteiger partial charge in [-0.3, -0.25) is 0 Å². The summed E-state index contributed by atoms with van der Waals surface area (Å²) in [4.78, 5) is 29.7. The SMILES string of the molecule is NCC1CN(Cc2ccc3[nH]c(=O)[nH]c3c2)C(=O)O1. The second-order valence-electron chi connectivity index (χ2n) is 4.58. The highest BCUT2D eigenvalue weighted by Gasteiger charge is 2.30. The fraction of sp³-hybridized carbons (Fsp3) is 0.333. The number of aromatic amines is 2. The van der Waals surface area contributed by atoms with Gasteiger partial charge in [-0.25, -0.2) is 9.59 Å². The molecule has 7 heteroatoms. The number of imidazole rings is 1. The molecule has 1 fully saturated rings. The van der Waals surface area contributed by atoms with E-state index in [0.717, 1.165) is 16.6 Å². The van der Waals surface area contributed by atoms with Crippen molar-refractivity contribution in [2.75, 3.05) is 13.1 Å². The highest BCUT2D eigenvalue weighted by atomic mass is 16.6. The molecule has 0 radical (unpaired) electrons. The van der Waals surface area contributed by atoms with Crippen molar-refractivity contribution in [1.29, 1.82) is 0 Å². The first-order valence-corrected chi connectivity index (χ1v) is 6.02. The Hall–Kier alpha value is -2.28. The number of nitrogens with two attached hydrogens (primary N) is 1. The molecule has 0 bridgehead atoms. The number of carbonyl (C=O) groups excluding carboxylic acids is 1. The van der Waals surface area contributed by atoms with Crippen molar-refractivity contribution in [3.63, 3.8) is 0 Å². The molecule has 0 spiro atoms. The van der Waals surface area contributed by atoms with Gasteiger partial charge in [-0.2, -0.15) is 0 Å². The predicted molar refractivity (Wildman–Crippen MR) is 68.7 cm³/mol. The second kappa shape index (κ2) is 4.43. The van der Waals surface area contributed by atoms with E-state index in [-0.39, 0.29) is 17.9 Å². The number of fused-ring (bicyclic) bond motifs is 1. The van der Waals surface area contributed by atoms with Crippen molar-refractivity contribution in [3.8, 4) is 0 Å². The van der Waals surface area contributed by atoms with Gasteiger partial charge in [0.05, 0.1) is 17.6 Å². The average Bonchev–Trinajstić information content (AvgIpc) is 2.91. The van der Waals surface area contributed by atoms with Crippen molar-refractivity contribution in [2.24, 2.45) is 5.73 Å². The van der Waals surface area contributed by atoms with Gasteiger partial charge in [0, 0.05) is 13.1 Å². The second-order valence-corrected chi connectivity index (χ2v) is 4.58. The fourth-order valence-electron chi connectivity index (χ4n) is 2.22. The van der Waals surface area contributed by atoms with E-state index in [1.165, 1.54) is 0 Å². The van der Waals surface area contributed by atoms with Crippen LogP contribution in [0.2, 0.25) is 0 Å². The smallest absolute Gasteiger partial charge is 0.410 e. The van der Waals surface area contributed by atoms with Crippen molar-refractivity contribution in [3.05, 3.63) is 34.2 Å². The Morgan fingerprint density at radius 3 is 2.84 bits per heavy atom. The fourth-order valence-corrected chi connectivity index (χ4v) is 2.22. The van der Waals surface area contributed by atoms with Gasteiger partial charge in [0.1, 0.15) is 6.10 Å². The number of hydrogen-bond acceptors (Lipinski definition) is 4. The van der Waals surface area contributed by atoms with Crippen LogP contribution in [0.25, 0.3) is 11.0 Å². The summed E-state index contributed by atoms with van der Waals surface area (Å²) in [5.74, 6) is 0. The van der Waals surface area contributed by atoms with E-state index >= 15 is 0 Å². The zero-order chi connectivity index (χ0) is 13.4. The van der Waals surface area contributed by atoms with Crippen LogP contribution < -0.4 is 11.4 Å². The van der Waals surface area contributed by atoms with Crippen molar-refractivity contribution in [1.82, 2.24) is 14.9 Å². The number of aromatic nitrogens is 2. The molecule has 1 atom stereocenters. The van der Waals surface area contributed by atoms with Gasteiger partial charge in [0.2, 0.25) is 0 Å². The quantitative estimate of drug-likeness (QED) is 0.731. The lowest BCUT2D eigenvalue weighted by Crippen LogP contribution is -2.27. The van der Waals surface area contributed by atoms with Crippen LogP contribution in [0, 0.1) is 0 Å². The molecule has 1 aliphatic heterocycles. The molecule has 100 valence electrons. The van der Waals surface area contributed by atoms with Gasteiger partial charge in [-0.15, -0.1) is 0 Å². The minimum Gasteiger partial charge on any atom is -0.443 e. The zero-order valence-corrected chi connectivity index (χ0v) is 10.2. The molecule has 3 rings (SSSR count). The van der Waals surface area contributed by atoms with Crippen LogP contribution in [-0.2, 0) is 11.3 Å². The Kier molecular flexibility index (Phi) is 2.75. The van der Waals surface area contributed by atoms with Gasteiger partial charge in [0.15, 0.2) is 0 Å². The maximum Gasteiger partial charge on any atom is 0.410 e. The van der Waals surface area contributed by atoms with Gasteiger partial charge in [-0.1, -0.05) is 6.07 Å². The largest absolute Gasteiger partial charge is 0.443 e. The number of ether oxygens (including phenoxy) is 1. The summed E-state index contributed by atoms with van der Waals surface area (Å²) in [5, 5.41) is 0. The van der Waals surface area contributed by atoms with E-state index in [4.69, 9.17) is 10.5 Å². The standard InChI is InChI=1S/C12H14N4O3/c13-4-8-6-16(12(18)19-8)5-7-1-2-9-10(3-7)15-11(17)14-9/h1-3,8H,4-6,13H2,(H2,14,15,17). The first-order chi connectivity index (χ1) is 9.15. The molecule has 1 aliphatic rings. The van der Waals surface area contributed by atoms with E-state index in [0.29, 0.717) is 19.6 Å². The van der Waals surface area contributed by atoms with Crippen LogP contribution in [0.1, 0.15) is 5.56 Å². The number of benzene rings is 1. The minimum absolute atomic E-state index is 0.233. The average molecular weight is 262 g/mol. The molecule has 0 aliphatic carbocycles. The first kappa shape index (κ1) is 11.8. The number of carbonyl (C=O) groups is 1. The summed E-state index contributed by atoms with van der Waals surface area (Å²) in [7, 11) is 0. The molecule has 0 saturated carbocycles. The molecule has 1 amide bonds. The van der Waals surface area contributed by atoms with Gasteiger partial charge < -0.3 is 25.3 Å². The van der Waals surface area contributed by atoms with E-state index in [1.807, 2.05) is 18.2 Å². The third-order valence-corrected chi connectivity index (χ3v) is 3.17. The number of amides is 1. The van der Waals surface area contributed by atoms with Crippen LogP contribution in [0.3, 0.4) is 0 Å². The summed E-state index contributed by atoms with van der Waals surface area (Å²) >= 11 is 0. The van der Waals surface area contributed by atoms with Gasteiger partial charge in [-0.05, 0) is 17.7 Å². The summed E-state index contributed by atoms with van der Waals surface area (Å²) in [6, 6.07) is 5.52. The summed E-state index contributed by atoms with van der Waals surface area (Å²) < 4.78 is 5.08. The topological polar surface area (TPSA) is 104 Å². The minimum atomic E-state index is -0.349. The van der Waals surface area contributed by atoms with Gasteiger partial charge in [0.25, 0.3) is 0 Å². The Bertz CT molecular complexity index is 675. The first-order valence-electron chi connectivity index (χ1n) is 6.02. The monoisotopic (exact) mass is 262 g/mol. The molecule has 1 saturated heterocycles. The summed E-state index contributed by atoms with van der Waals surface area (Å²) in [6.07, 6.45) is -0.582. The van der Waals surface area contributed by atoms with Crippen molar-refractivity contribution < 1.29 is 9.53 Å². The highest BCUT2D eigenvalue weighted by Crippen LogP contribution is 2.17. The Morgan fingerprint density at radius 1 is 1.32 bits per heavy atom. The zero-order valence-electron chi connectivity index (χ0n) is 10.2. The van der Waals surface area contributed by atoms with E-state index < -0.39 is 0 Å². The normalized spacial score (nSPS) is 19.1. The van der Waals surface area contributed by atoms with Gasteiger partial charge >= 0.3 is 11.8 Å². The van der Waals surface area contributed by atoms with Crippen LogP contribution in [-0.4, -0.2) is 40.2 Å². The Morgan fingerprint density at radius 2 is 2.11 bits per heavy atom. The lowest BCUT2D eigenvalue weighted by Gasteiger charge is -2.12. The number of nitrogens with one attached hydrogen (secondary N) is 2. The van der Waals surface area contributed by atoms with E-state index in [9.17, 15) is 9.59 Å². The van der Waals surface area contributed by atoms with Crippen LogP contribution in [0.15, 0.2) is 23.0 Å². The highest BCUT2D eigenvalue weighted by molar-refractivity contribution is 5.75. The molecule has 2 aromatic rings. The molecule has 1 aromatic heterocycles. The van der Waals surface area contributed by atoms with Crippen molar-refractivity contribution in [2.45, 2.75) is 12.6 Å². The molecular formula is C12H14N4O3. The lowest BCUT2D eigenvalue weighted by molar-refractivity contribution is 0.134. The Balaban J connectivity index is 1.81. The van der Waals surface area contributed by atoms with Crippen molar-refractivity contribution >= 4 is 17.1 Å². The molecule has 4 N–H and O–H groups in total. The number of cyclic esters (lactones) is 1. The molecule has 1 unspecified atom stereocenters. The molecule has 2 heterocycles. The molecule has 1 aromatic carbocycles. The number of rotatable bonds is 3. The number of H-pyrrole nitrogens is 2. The Labute approximate surface area is 108 Å². The van der Waals surface area contributed by atoms with Crippen LogP contribution in [0.5, 0.6) is 0 Å². The molecule has 7 nitrogen and oxygen atoms in total. The van der Waals surface area contributed by atoms with Crippen LogP contribution >= 0.6 is 0 Å². The van der Waals surface area contributed by atoms with E-state index in [1.54, 1.807) is 4.90 Å². The third kappa shape index (κ3) is 2.19. The van der Waals surface area contributed by atoms with E-state index in [2.05, 4.69) is 9.97 Å². The maximum absolute atomic E-state index is 11.6.